The number of hydrogen-bond acceptors (Lipinski definition) is 3. The zero-order chi connectivity index (χ0) is 18.5. The SMILES string of the molecule is COc1cccc(C2CCCN2C(=O)/C=C/c2cc(C)ccc2OC)c1. The third kappa shape index (κ3) is 3.90. The van der Waals surface area contributed by atoms with Gasteiger partial charge in [0.1, 0.15) is 11.5 Å². The van der Waals surface area contributed by atoms with E-state index in [9.17, 15) is 4.79 Å². The fraction of sp³-hybridized carbons (Fsp3) is 0.318. The molecule has 136 valence electrons. The second kappa shape index (κ2) is 8.09. The van der Waals surface area contributed by atoms with E-state index >= 15 is 0 Å². The third-order valence-electron chi connectivity index (χ3n) is 4.81. The summed E-state index contributed by atoms with van der Waals surface area (Å²) in [5, 5.41) is 0. The minimum Gasteiger partial charge on any atom is -0.497 e. The maximum Gasteiger partial charge on any atom is 0.247 e. The predicted octanol–water partition coefficient (Wildman–Crippen LogP) is 4.39. The number of rotatable bonds is 5. The van der Waals surface area contributed by atoms with Crippen molar-refractivity contribution in [3.05, 3.63) is 65.2 Å². The van der Waals surface area contributed by atoms with Crippen LogP contribution in [0.4, 0.5) is 0 Å². The average molecular weight is 351 g/mol. The number of hydrogen-bond donors (Lipinski definition) is 0. The summed E-state index contributed by atoms with van der Waals surface area (Å²) < 4.78 is 10.7. The first-order valence-corrected chi connectivity index (χ1v) is 8.89. The van der Waals surface area contributed by atoms with E-state index in [-0.39, 0.29) is 11.9 Å². The van der Waals surface area contributed by atoms with Gasteiger partial charge in [-0.2, -0.15) is 0 Å². The molecule has 1 heterocycles. The molecular weight excluding hydrogens is 326 g/mol. The molecule has 0 spiro atoms. The smallest absolute Gasteiger partial charge is 0.247 e. The van der Waals surface area contributed by atoms with Gasteiger partial charge in [0.15, 0.2) is 0 Å². The van der Waals surface area contributed by atoms with E-state index in [1.165, 1.54) is 0 Å². The molecule has 1 amide bonds. The Kier molecular flexibility index (Phi) is 5.61. The molecule has 1 saturated heterocycles. The van der Waals surface area contributed by atoms with Gasteiger partial charge in [-0.25, -0.2) is 0 Å². The molecule has 2 aromatic rings. The number of carbonyl (C=O) groups is 1. The van der Waals surface area contributed by atoms with Crippen molar-refractivity contribution in [3.63, 3.8) is 0 Å². The summed E-state index contributed by atoms with van der Waals surface area (Å²) in [6.07, 6.45) is 5.47. The first-order valence-electron chi connectivity index (χ1n) is 8.89. The van der Waals surface area contributed by atoms with Crippen molar-refractivity contribution in [1.29, 1.82) is 0 Å². The fourth-order valence-electron chi connectivity index (χ4n) is 3.47. The van der Waals surface area contributed by atoms with Crippen LogP contribution in [0.1, 0.15) is 35.6 Å². The summed E-state index contributed by atoms with van der Waals surface area (Å²) in [5.41, 5.74) is 3.17. The average Bonchev–Trinajstić information content (AvgIpc) is 3.16. The van der Waals surface area contributed by atoms with Gasteiger partial charge in [0.2, 0.25) is 5.91 Å². The van der Waals surface area contributed by atoms with Crippen molar-refractivity contribution < 1.29 is 14.3 Å². The van der Waals surface area contributed by atoms with Crippen LogP contribution in [0, 0.1) is 6.92 Å². The molecule has 4 nitrogen and oxygen atoms in total. The zero-order valence-corrected chi connectivity index (χ0v) is 15.6. The normalized spacial score (nSPS) is 16.9. The van der Waals surface area contributed by atoms with Crippen LogP contribution in [-0.4, -0.2) is 31.6 Å². The lowest BCUT2D eigenvalue weighted by atomic mass is 10.0. The Balaban J connectivity index is 1.79. The van der Waals surface area contributed by atoms with Crippen LogP contribution in [0.2, 0.25) is 0 Å². The van der Waals surface area contributed by atoms with E-state index in [0.717, 1.165) is 47.6 Å². The van der Waals surface area contributed by atoms with Crippen LogP contribution < -0.4 is 9.47 Å². The summed E-state index contributed by atoms with van der Waals surface area (Å²) in [6.45, 7) is 2.80. The van der Waals surface area contributed by atoms with E-state index in [1.54, 1.807) is 20.3 Å². The van der Waals surface area contributed by atoms with Crippen LogP contribution in [0.3, 0.4) is 0 Å². The Morgan fingerprint density at radius 1 is 1.15 bits per heavy atom. The maximum atomic E-state index is 12.8. The molecule has 0 aromatic heterocycles. The highest BCUT2D eigenvalue weighted by Crippen LogP contribution is 2.33. The number of methoxy groups -OCH3 is 2. The number of benzene rings is 2. The molecule has 0 aliphatic carbocycles. The van der Waals surface area contributed by atoms with E-state index < -0.39 is 0 Å². The second-order valence-electron chi connectivity index (χ2n) is 6.55. The molecule has 1 aliphatic heterocycles. The summed E-state index contributed by atoms with van der Waals surface area (Å²) in [5.74, 6) is 1.62. The number of likely N-dealkylation sites (tertiary alicyclic amines) is 1. The number of amides is 1. The molecule has 0 radical (unpaired) electrons. The molecule has 0 bridgehead atoms. The lowest BCUT2D eigenvalue weighted by Crippen LogP contribution is -2.28. The van der Waals surface area contributed by atoms with Crippen LogP contribution in [0.25, 0.3) is 6.08 Å². The van der Waals surface area contributed by atoms with E-state index in [2.05, 4.69) is 6.07 Å². The molecule has 1 aliphatic rings. The first kappa shape index (κ1) is 18.1. The van der Waals surface area contributed by atoms with Gasteiger partial charge in [0, 0.05) is 18.2 Å². The standard InChI is InChI=1S/C22H25NO3/c1-16-9-11-21(26-3)18(14-16)10-12-22(24)23-13-5-8-20(23)17-6-4-7-19(15-17)25-2/h4,6-7,9-12,14-15,20H,5,8,13H2,1-3H3/b12-10+. The minimum atomic E-state index is 0.0267. The molecule has 1 atom stereocenters. The number of aryl methyl sites for hydroxylation is 1. The minimum absolute atomic E-state index is 0.0267. The third-order valence-corrected chi connectivity index (χ3v) is 4.81. The Morgan fingerprint density at radius 2 is 2.00 bits per heavy atom. The number of ether oxygens (including phenoxy) is 2. The molecule has 0 saturated carbocycles. The predicted molar refractivity (Wildman–Crippen MR) is 103 cm³/mol. The molecule has 0 N–H and O–H groups in total. The van der Waals surface area contributed by atoms with Gasteiger partial charge >= 0.3 is 0 Å². The largest absolute Gasteiger partial charge is 0.497 e. The molecule has 2 aromatic carbocycles. The van der Waals surface area contributed by atoms with Crippen molar-refractivity contribution in [2.24, 2.45) is 0 Å². The second-order valence-corrected chi connectivity index (χ2v) is 6.55. The van der Waals surface area contributed by atoms with Crippen LogP contribution >= 0.6 is 0 Å². The van der Waals surface area contributed by atoms with Crippen molar-refractivity contribution in [1.82, 2.24) is 4.90 Å². The molecule has 1 fully saturated rings. The highest BCUT2D eigenvalue weighted by molar-refractivity contribution is 5.92. The molecule has 26 heavy (non-hydrogen) atoms. The van der Waals surface area contributed by atoms with Crippen molar-refractivity contribution in [3.8, 4) is 11.5 Å². The van der Waals surface area contributed by atoms with Crippen molar-refractivity contribution in [2.45, 2.75) is 25.8 Å². The summed E-state index contributed by atoms with van der Waals surface area (Å²) in [7, 11) is 3.30. The van der Waals surface area contributed by atoms with Crippen LogP contribution in [-0.2, 0) is 4.79 Å². The van der Waals surface area contributed by atoms with E-state index in [4.69, 9.17) is 9.47 Å². The molecule has 4 heteroatoms. The van der Waals surface area contributed by atoms with Crippen LogP contribution in [0.15, 0.2) is 48.5 Å². The van der Waals surface area contributed by atoms with Crippen LogP contribution in [0.5, 0.6) is 11.5 Å². The number of nitrogens with zero attached hydrogens (tertiary/aromatic N) is 1. The molecular formula is C22H25NO3. The Hall–Kier alpha value is -2.75. The zero-order valence-electron chi connectivity index (χ0n) is 15.6. The van der Waals surface area contributed by atoms with E-state index in [1.807, 2.05) is 54.3 Å². The Labute approximate surface area is 155 Å². The Bertz CT molecular complexity index is 813. The topological polar surface area (TPSA) is 38.8 Å². The lowest BCUT2D eigenvalue weighted by Gasteiger charge is -2.24. The lowest BCUT2D eigenvalue weighted by molar-refractivity contribution is -0.126. The van der Waals surface area contributed by atoms with Gasteiger partial charge in [-0.05, 0) is 55.7 Å². The maximum absolute atomic E-state index is 12.8. The van der Waals surface area contributed by atoms with Gasteiger partial charge < -0.3 is 14.4 Å². The van der Waals surface area contributed by atoms with E-state index in [0.29, 0.717) is 0 Å². The van der Waals surface area contributed by atoms with Gasteiger partial charge in [-0.3, -0.25) is 4.79 Å². The first-order chi connectivity index (χ1) is 12.6. The monoisotopic (exact) mass is 351 g/mol. The fourth-order valence-corrected chi connectivity index (χ4v) is 3.47. The van der Waals surface area contributed by atoms with Gasteiger partial charge in [-0.1, -0.05) is 23.8 Å². The van der Waals surface area contributed by atoms with Gasteiger partial charge in [0.05, 0.1) is 20.3 Å². The summed E-state index contributed by atoms with van der Waals surface area (Å²) in [6, 6.07) is 14.0. The Morgan fingerprint density at radius 3 is 2.77 bits per heavy atom. The van der Waals surface area contributed by atoms with Gasteiger partial charge in [0.25, 0.3) is 0 Å². The number of carbonyl (C=O) groups excluding carboxylic acids is 1. The highest BCUT2D eigenvalue weighted by Gasteiger charge is 2.28. The summed E-state index contributed by atoms with van der Waals surface area (Å²) >= 11 is 0. The van der Waals surface area contributed by atoms with Crippen molar-refractivity contribution >= 4 is 12.0 Å². The molecule has 3 rings (SSSR count). The van der Waals surface area contributed by atoms with Crippen molar-refractivity contribution in [2.75, 3.05) is 20.8 Å². The summed E-state index contributed by atoms with van der Waals surface area (Å²) in [4.78, 5) is 14.7. The molecule has 1 unspecified atom stereocenters. The highest BCUT2D eigenvalue weighted by atomic mass is 16.5. The quantitative estimate of drug-likeness (QED) is 0.750. The van der Waals surface area contributed by atoms with Gasteiger partial charge in [-0.15, -0.1) is 0 Å².